The van der Waals surface area contributed by atoms with E-state index < -0.39 is 4.92 Å². The molecule has 0 amide bonds. The van der Waals surface area contributed by atoms with Crippen molar-refractivity contribution in [3.8, 4) is 17.6 Å². The monoisotopic (exact) mass is 325 g/mol. The van der Waals surface area contributed by atoms with E-state index in [-0.39, 0.29) is 17.4 Å². The maximum Gasteiger partial charge on any atom is 0.270 e. The summed E-state index contributed by atoms with van der Waals surface area (Å²) in [5, 5.41) is 20.1. The largest absolute Gasteiger partial charge is 0.486 e. The number of fused-ring (bicyclic) bond motifs is 1. The Labute approximate surface area is 138 Å². The summed E-state index contributed by atoms with van der Waals surface area (Å²) in [5.74, 6) is 1.40. The lowest BCUT2D eigenvalue weighted by Crippen LogP contribution is -2.39. The number of non-ortho nitro benzene ring substituents is 1. The maximum absolute atomic E-state index is 10.8. The summed E-state index contributed by atoms with van der Waals surface area (Å²) in [7, 11) is 1.81. The van der Waals surface area contributed by atoms with Crippen LogP contribution in [0.25, 0.3) is 0 Å². The third-order valence-electron chi connectivity index (χ3n) is 3.77. The number of nitro benzene ring substituents is 1. The summed E-state index contributed by atoms with van der Waals surface area (Å²) in [6.07, 6.45) is -0.202. The topological polar surface area (TPSA) is 88.6 Å². The molecule has 0 saturated carbocycles. The van der Waals surface area contributed by atoms with Crippen LogP contribution in [0.4, 0.5) is 11.4 Å². The van der Waals surface area contributed by atoms with E-state index in [1.165, 1.54) is 12.1 Å². The van der Waals surface area contributed by atoms with Gasteiger partial charge in [-0.3, -0.25) is 10.1 Å². The van der Waals surface area contributed by atoms with Gasteiger partial charge in [-0.15, -0.1) is 0 Å². The van der Waals surface area contributed by atoms with Crippen LogP contribution in [0.5, 0.6) is 11.5 Å². The van der Waals surface area contributed by atoms with Gasteiger partial charge in [0.25, 0.3) is 5.69 Å². The quantitative estimate of drug-likeness (QED) is 0.634. The summed E-state index contributed by atoms with van der Waals surface area (Å²) in [5.41, 5.74) is 0.768. The Hall–Kier alpha value is -3.27. The average Bonchev–Trinajstić information content (AvgIpc) is 2.60. The minimum atomic E-state index is -0.514. The van der Waals surface area contributed by atoms with E-state index in [0.717, 1.165) is 0 Å². The zero-order valence-corrected chi connectivity index (χ0v) is 13.0. The zero-order valence-electron chi connectivity index (χ0n) is 13.0. The fourth-order valence-electron chi connectivity index (χ4n) is 2.62. The molecule has 0 spiro atoms. The molecule has 0 radical (unpaired) electrons. The molecule has 0 fully saturated rings. The fourth-order valence-corrected chi connectivity index (χ4v) is 2.62. The highest BCUT2D eigenvalue weighted by atomic mass is 16.6. The number of likely N-dealkylation sites (N-methyl/N-ethyl adjacent to an activating group) is 1. The SMILES string of the molecule is CN(C[C@@H]1COc2ccccc2O1)c1ccc([N+](=O)[O-])cc1C#N. The lowest BCUT2D eigenvalue weighted by molar-refractivity contribution is -0.384. The number of rotatable bonds is 4. The average molecular weight is 325 g/mol. The van der Waals surface area contributed by atoms with Gasteiger partial charge in [0.2, 0.25) is 0 Å². The van der Waals surface area contributed by atoms with E-state index in [4.69, 9.17) is 9.47 Å². The number of ether oxygens (including phenoxy) is 2. The van der Waals surface area contributed by atoms with Crippen molar-refractivity contribution < 1.29 is 14.4 Å². The summed E-state index contributed by atoms with van der Waals surface area (Å²) >= 11 is 0. The minimum absolute atomic E-state index is 0.102. The second-order valence-corrected chi connectivity index (χ2v) is 5.45. The van der Waals surface area contributed by atoms with E-state index in [1.54, 1.807) is 6.07 Å². The van der Waals surface area contributed by atoms with Gasteiger partial charge >= 0.3 is 0 Å². The van der Waals surface area contributed by atoms with Gasteiger partial charge in [-0.1, -0.05) is 12.1 Å². The zero-order chi connectivity index (χ0) is 17.1. The molecule has 3 rings (SSSR count). The van der Waals surface area contributed by atoms with Crippen molar-refractivity contribution in [3.63, 3.8) is 0 Å². The Morgan fingerprint density at radius 2 is 2.08 bits per heavy atom. The molecule has 0 aromatic heterocycles. The second kappa shape index (κ2) is 6.46. The number of hydrogen-bond donors (Lipinski definition) is 0. The molecular weight excluding hydrogens is 310 g/mol. The van der Waals surface area contributed by atoms with Gasteiger partial charge in [0.05, 0.1) is 22.7 Å². The van der Waals surface area contributed by atoms with Crippen LogP contribution in [0, 0.1) is 21.4 Å². The number of hydrogen-bond acceptors (Lipinski definition) is 6. The molecular formula is C17H15N3O4. The molecule has 24 heavy (non-hydrogen) atoms. The number of nitrogens with zero attached hydrogens (tertiary/aromatic N) is 3. The van der Waals surface area contributed by atoms with Gasteiger partial charge in [0, 0.05) is 19.2 Å². The Morgan fingerprint density at radius 1 is 1.33 bits per heavy atom. The normalized spacial score (nSPS) is 15.4. The number of nitriles is 1. The number of nitro groups is 1. The Kier molecular flexibility index (Phi) is 4.20. The highest BCUT2D eigenvalue weighted by molar-refractivity contribution is 5.62. The molecule has 0 N–H and O–H groups in total. The van der Waals surface area contributed by atoms with Crippen LogP contribution in [0.2, 0.25) is 0 Å². The van der Waals surface area contributed by atoms with Gasteiger partial charge in [0.1, 0.15) is 12.7 Å². The number of para-hydroxylation sites is 2. The molecule has 1 aliphatic heterocycles. The van der Waals surface area contributed by atoms with E-state index in [0.29, 0.717) is 30.3 Å². The van der Waals surface area contributed by atoms with Crippen LogP contribution in [-0.2, 0) is 0 Å². The molecule has 1 atom stereocenters. The van der Waals surface area contributed by atoms with Gasteiger partial charge in [-0.25, -0.2) is 0 Å². The molecule has 0 aliphatic carbocycles. The van der Waals surface area contributed by atoms with Crippen molar-refractivity contribution in [2.24, 2.45) is 0 Å². The molecule has 0 unspecified atom stereocenters. The fraction of sp³-hybridized carbons (Fsp3) is 0.235. The third-order valence-corrected chi connectivity index (χ3v) is 3.77. The highest BCUT2D eigenvalue weighted by Gasteiger charge is 2.23. The first-order chi connectivity index (χ1) is 11.6. The molecule has 1 aliphatic rings. The standard InChI is InChI=1S/C17H15N3O4/c1-19(15-7-6-13(20(21)22)8-12(15)9-18)10-14-11-23-16-4-2-3-5-17(16)24-14/h2-8,14H,10-11H2,1H3/t14-/m1/s1. The van der Waals surface area contributed by atoms with Crippen LogP contribution < -0.4 is 14.4 Å². The minimum Gasteiger partial charge on any atom is -0.486 e. The Bertz CT molecular complexity index is 816. The van der Waals surface area contributed by atoms with Crippen molar-refractivity contribution in [1.82, 2.24) is 0 Å². The van der Waals surface area contributed by atoms with Crippen molar-refractivity contribution in [1.29, 1.82) is 5.26 Å². The van der Waals surface area contributed by atoms with Crippen LogP contribution in [0.1, 0.15) is 5.56 Å². The van der Waals surface area contributed by atoms with E-state index in [1.807, 2.05) is 42.3 Å². The molecule has 0 saturated heterocycles. The predicted octanol–water partition coefficient (Wildman–Crippen LogP) is 2.74. The summed E-state index contributed by atoms with van der Waals surface area (Å²) < 4.78 is 11.6. The van der Waals surface area contributed by atoms with Crippen molar-refractivity contribution in [2.75, 3.05) is 25.1 Å². The molecule has 0 bridgehead atoms. The van der Waals surface area contributed by atoms with Crippen LogP contribution in [0.3, 0.4) is 0 Å². The molecule has 1 heterocycles. The maximum atomic E-state index is 10.8. The molecule has 2 aromatic carbocycles. The first-order valence-electron chi connectivity index (χ1n) is 7.36. The summed E-state index contributed by atoms with van der Waals surface area (Å²) in [6.45, 7) is 0.886. The predicted molar refractivity (Wildman–Crippen MR) is 87.4 cm³/mol. The summed E-state index contributed by atoms with van der Waals surface area (Å²) in [6, 6.07) is 13.7. The summed E-state index contributed by atoms with van der Waals surface area (Å²) in [4.78, 5) is 12.2. The highest BCUT2D eigenvalue weighted by Crippen LogP contribution is 2.31. The smallest absolute Gasteiger partial charge is 0.270 e. The van der Waals surface area contributed by atoms with Crippen molar-refractivity contribution >= 4 is 11.4 Å². The van der Waals surface area contributed by atoms with Crippen molar-refractivity contribution in [2.45, 2.75) is 6.10 Å². The first kappa shape index (κ1) is 15.6. The second-order valence-electron chi connectivity index (χ2n) is 5.45. The van der Waals surface area contributed by atoms with Crippen LogP contribution in [-0.4, -0.2) is 31.2 Å². The number of anilines is 1. The van der Waals surface area contributed by atoms with Crippen molar-refractivity contribution in [3.05, 3.63) is 58.1 Å². The third kappa shape index (κ3) is 3.08. The first-order valence-corrected chi connectivity index (χ1v) is 7.36. The number of benzene rings is 2. The van der Waals surface area contributed by atoms with E-state index >= 15 is 0 Å². The van der Waals surface area contributed by atoms with E-state index in [2.05, 4.69) is 0 Å². The molecule has 7 heteroatoms. The van der Waals surface area contributed by atoms with Crippen LogP contribution >= 0.6 is 0 Å². The van der Waals surface area contributed by atoms with E-state index in [9.17, 15) is 15.4 Å². The lowest BCUT2D eigenvalue weighted by Gasteiger charge is -2.30. The Balaban J connectivity index is 1.75. The lowest BCUT2D eigenvalue weighted by atomic mass is 10.1. The van der Waals surface area contributed by atoms with Gasteiger partial charge in [-0.05, 0) is 18.2 Å². The Morgan fingerprint density at radius 3 is 2.79 bits per heavy atom. The molecule has 2 aromatic rings. The van der Waals surface area contributed by atoms with Crippen LogP contribution in [0.15, 0.2) is 42.5 Å². The molecule has 122 valence electrons. The van der Waals surface area contributed by atoms with Gasteiger partial charge in [0.15, 0.2) is 17.6 Å². The molecule has 7 nitrogen and oxygen atoms in total. The van der Waals surface area contributed by atoms with Gasteiger partial charge < -0.3 is 14.4 Å². The van der Waals surface area contributed by atoms with Gasteiger partial charge in [-0.2, -0.15) is 5.26 Å².